The average molecular weight is 172 g/mol. The molecule has 1 amide bonds. The predicted octanol–water partition coefficient (Wildman–Crippen LogP) is -0.212. The highest BCUT2D eigenvalue weighted by Gasteiger charge is 2.06. The Kier molecular flexibility index (Phi) is 2.40. The topological polar surface area (TPSA) is 80.0 Å². The van der Waals surface area contributed by atoms with Gasteiger partial charge in [-0.1, -0.05) is 0 Å². The van der Waals surface area contributed by atoms with Crippen molar-refractivity contribution in [3.8, 4) is 0 Å². The molecular weight excluding hydrogens is 164 g/mol. The number of hydrogen-bond acceptors (Lipinski definition) is 5. The molecule has 6 heteroatoms. The second-order valence-corrected chi connectivity index (χ2v) is 2.62. The summed E-state index contributed by atoms with van der Waals surface area (Å²) in [5.74, 6) is 4.53. The number of thiazole rings is 1. The number of nitrogens with one attached hydrogen (secondary N) is 2. The van der Waals surface area contributed by atoms with Gasteiger partial charge in [0.1, 0.15) is 5.69 Å². The minimum absolute atomic E-state index is 0.335. The van der Waals surface area contributed by atoms with E-state index in [2.05, 4.69) is 10.3 Å². The van der Waals surface area contributed by atoms with Crippen molar-refractivity contribution >= 4 is 22.4 Å². The number of nitrogen functional groups attached to an aromatic ring is 1. The molecule has 0 radical (unpaired) electrons. The van der Waals surface area contributed by atoms with Gasteiger partial charge in [-0.05, 0) is 0 Å². The molecule has 0 aliphatic heterocycles. The first-order valence-electron chi connectivity index (χ1n) is 2.92. The summed E-state index contributed by atoms with van der Waals surface area (Å²) in [5, 5.41) is 5.14. The van der Waals surface area contributed by atoms with Crippen LogP contribution in [0.15, 0.2) is 5.38 Å². The maximum absolute atomic E-state index is 10.8. The highest BCUT2D eigenvalue weighted by molar-refractivity contribution is 7.13. The van der Waals surface area contributed by atoms with E-state index in [-0.39, 0.29) is 5.91 Å². The molecule has 1 aromatic heterocycles. The number of hydrogen-bond donors (Lipinski definition) is 3. The maximum atomic E-state index is 10.8. The van der Waals surface area contributed by atoms with Crippen LogP contribution >= 0.6 is 11.3 Å². The van der Waals surface area contributed by atoms with E-state index in [0.717, 1.165) is 0 Å². The fourth-order valence-corrected chi connectivity index (χ4v) is 1.22. The molecule has 0 atom stereocenters. The highest BCUT2D eigenvalue weighted by Crippen LogP contribution is 2.13. The van der Waals surface area contributed by atoms with Gasteiger partial charge in [0.05, 0.1) is 0 Å². The molecule has 1 rings (SSSR count). The third kappa shape index (κ3) is 1.66. The van der Waals surface area contributed by atoms with Crippen LogP contribution in [0.25, 0.3) is 0 Å². The molecule has 0 aromatic carbocycles. The molecular formula is C5H8N4OS. The Balaban J connectivity index is 2.80. The first-order chi connectivity index (χ1) is 5.27. The Morgan fingerprint density at radius 3 is 3.00 bits per heavy atom. The summed E-state index contributed by atoms with van der Waals surface area (Å²) < 4.78 is 0. The minimum atomic E-state index is -0.372. The lowest BCUT2D eigenvalue weighted by molar-refractivity contribution is 0.0949. The first kappa shape index (κ1) is 7.96. The van der Waals surface area contributed by atoms with Gasteiger partial charge in [0.15, 0.2) is 5.13 Å². The summed E-state index contributed by atoms with van der Waals surface area (Å²) in [7, 11) is 1.74. The van der Waals surface area contributed by atoms with Crippen LogP contribution in [0.4, 0.5) is 5.13 Å². The summed E-state index contributed by atoms with van der Waals surface area (Å²) in [5.41, 5.74) is 2.33. The van der Waals surface area contributed by atoms with Crippen molar-refractivity contribution in [2.45, 2.75) is 0 Å². The second kappa shape index (κ2) is 3.31. The zero-order chi connectivity index (χ0) is 8.27. The normalized spacial score (nSPS) is 9.27. The lowest BCUT2D eigenvalue weighted by Gasteiger charge is -1.91. The summed E-state index contributed by atoms with van der Waals surface area (Å²) in [6, 6.07) is 0. The van der Waals surface area contributed by atoms with Gasteiger partial charge in [0.25, 0.3) is 5.91 Å². The van der Waals surface area contributed by atoms with Crippen molar-refractivity contribution < 1.29 is 4.79 Å². The van der Waals surface area contributed by atoms with Crippen LogP contribution in [-0.2, 0) is 0 Å². The molecule has 0 saturated carbocycles. The van der Waals surface area contributed by atoms with Crippen LogP contribution in [0.5, 0.6) is 0 Å². The average Bonchev–Trinajstić information content (AvgIpc) is 2.50. The molecule has 4 N–H and O–H groups in total. The Morgan fingerprint density at radius 2 is 2.55 bits per heavy atom. The van der Waals surface area contributed by atoms with Crippen LogP contribution < -0.4 is 16.6 Å². The van der Waals surface area contributed by atoms with Crippen LogP contribution in [0.2, 0.25) is 0 Å². The zero-order valence-electron chi connectivity index (χ0n) is 5.92. The van der Waals surface area contributed by atoms with Crippen LogP contribution in [0.1, 0.15) is 10.5 Å². The molecule has 0 aliphatic carbocycles. The summed E-state index contributed by atoms with van der Waals surface area (Å²) in [6.45, 7) is 0. The molecule has 5 nitrogen and oxygen atoms in total. The van der Waals surface area contributed by atoms with E-state index < -0.39 is 0 Å². The van der Waals surface area contributed by atoms with E-state index in [0.29, 0.717) is 10.8 Å². The van der Waals surface area contributed by atoms with Gasteiger partial charge in [-0.15, -0.1) is 11.3 Å². The van der Waals surface area contributed by atoms with E-state index in [1.165, 1.54) is 11.3 Å². The monoisotopic (exact) mass is 172 g/mol. The second-order valence-electron chi connectivity index (χ2n) is 1.76. The van der Waals surface area contributed by atoms with Gasteiger partial charge >= 0.3 is 0 Å². The molecule has 1 aromatic rings. The Morgan fingerprint density at radius 1 is 1.82 bits per heavy atom. The van der Waals surface area contributed by atoms with Gasteiger partial charge in [-0.2, -0.15) is 0 Å². The van der Waals surface area contributed by atoms with Gasteiger partial charge in [0, 0.05) is 12.4 Å². The van der Waals surface area contributed by atoms with Crippen molar-refractivity contribution in [1.29, 1.82) is 0 Å². The molecule has 0 aliphatic rings. The van der Waals surface area contributed by atoms with E-state index in [9.17, 15) is 4.79 Å². The number of nitrogens with zero attached hydrogens (tertiary/aromatic N) is 1. The quantitative estimate of drug-likeness (QED) is 0.327. The number of rotatable bonds is 2. The largest absolute Gasteiger partial charge is 0.365 e. The van der Waals surface area contributed by atoms with Gasteiger partial charge < -0.3 is 5.32 Å². The lowest BCUT2D eigenvalue weighted by Crippen LogP contribution is -2.30. The molecule has 0 saturated heterocycles. The highest BCUT2D eigenvalue weighted by atomic mass is 32.1. The maximum Gasteiger partial charge on any atom is 0.284 e. The van der Waals surface area contributed by atoms with E-state index in [1.807, 2.05) is 5.43 Å². The standard InChI is InChI=1S/C5H8N4OS/c1-7-5-8-3(2-11-5)4(10)9-6/h2H,6H2,1H3,(H,7,8)(H,9,10). The number of amides is 1. The summed E-state index contributed by atoms with van der Waals surface area (Å²) >= 11 is 1.35. The number of anilines is 1. The number of hydrazine groups is 1. The van der Waals surface area contributed by atoms with Crippen molar-refractivity contribution in [2.24, 2.45) is 5.84 Å². The van der Waals surface area contributed by atoms with E-state index in [1.54, 1.807) is 12.4 Å². The first-order valence-corrected chi connectivity index (χ1v) is 3.80. The Labute approximate surface area is 67.6 Å². The Hall–Kier alpha value is -1.14. The van der Waals surface area contributed by atoms with Crippen LogP contribution in [0.3, 0.4) is 0 Å². The smallest absolute Gasteiger partial charge is 0.284 e. The SMILES string of the molecule is CNc1nc(C(=O)NN)cs1. The lowest BCUT2D eigenvalue weighted by atomic mass is 10.5. The number of carbonyl (C=O) groups excluding carboxylic acids is 1. The Bertz CT molecular complexity index is 259. The predicted molar refractivity (Wildman–Crippen MR) is 43.3 cm³/mol. The van der Waals surface area contributed by atoms with Crippen molar-refractivity contribution in [3.63, 3.8) is 0 Å². The minimum Gasteiger partial charge on any atom is -0.365 e. The van der Waals surface area contributed by atoms with Crippen molar-refractivity contribution in [1.82, 2.24) is 10.4 Å². The molecule has 0 bridgehead atoms. The van der Waals surface area contributed by atoms with Gasteiger partial charge in [-0.3, -0.25) is 10.2 Å². The van der Waals surface area contributed by atoms with Gasteiger partial charge in [-0.25, -0.2) is 10.8 Å². The van der Waals surface area contributed by atoms with E-state index >= 15 is 0 Å². The molecule has 0 fully saturated rings. The third-order valence-corrected chi connectivity index (χ3v) is 1.94. The van der Waals surface area contributed by atoms with Crippen molar-refractivity contribution in [2.75, 3.05) is 12.4 Å². The molecule has 0 spiro atoms. The summed E-state index contributed by atoms with van der Waals surface area (Å²) in [4.78, 5) is 14.7. The molecule has 0 unspecified atom stereocenters. The molecule has 11 heavy (non-hydrogen) atoms. The molecule has 60 valence electrons. The van der Waals surface area contributed by atoms with Crippen molar-refractivity contribution in [3.05, 3.63) is 11.1 Å². The fraction of sp³-hybridized carbons (Fsp3) is 0.200. The molecule has 1 heterocycles. The van der Waals surface area contributed by atoms with Crippen LogP contribution in [0, 0.1) is 0 Å². The van der Waals surface area contributed by atoms with E-state index in [4.69, 9.17) is 5.84 Å². The summed E-state index contributed by atoms with van der Waals surface area (Å²) in [6.07, 6.45) is 0. The zero-order valence-corrected chi connectivity index (χ0v) is 6.73. The fourth-order valence-electron chi connectivity index (χ4n) is 0.567. The number of nitrogens with two attached hydrogens (primary N) is 1. The van der Waals surface area contributed by atoms with Gasteiger partial charge in [0.2, 0.25) is 0 Å². The third-order valence-electron chi connectivity index (χ3n) is 1.08. The number of carbonyl (C=O) groups is 1. The van der Waals surface area contributed by atoms with Crippen LogP contribution in [-0.4, -0.2) is 17.9 Å². The number of aromatic nitrogens is 1.